The number of rotatable bonds is 14. The van der Waals surface area contributed by atoms with Gasteiger partial charge in [-0.1, -0.05) is 11.6 Å². The number of esters is 1. The van der Waals surface area contributed by atoms with Crippen molar-refractivity contribution >= 4 is 66.2 Å². The second-order valence-electron chi connectivity index (χ2n) is 9.16. The van der Waals surface area contributed by atoms with Crippen molar-refractivity contribution in [2.24, 2.45) is 0 Å². The predicted molar refractivity (Wildman–Crippen MR) is 174 cm³/mol. The van der Waals surface area contributed by atoms with Crippen LogP contribution in [0.4, 0.5) is 25.1 Å². The topological polar surface area (TPSA) is 236 Å². The zero-order valence-corrected chi connectivity index (χ0v) is 29.5. The molecule has 0 aliphatic carbocycles. The van der Waals surface area contributed by atoms with Crippen molar-refractivity contribution in [1.82, 2.24) is 34.6 Å². The molecule has 0 radical (unpaired) electrons. The van der Waals surface area contributed by atoms with Crippen LogP contribution < -0.4 is 21.6 Å². The number of nitrogens with one attached hydrogen (secondary N) is 3. The molecule has 17 nitrogen and oxygen atoms in total. The fourth-order valence-electron chi connectivity index (χ4n) is 3.40. The summed E-state index contributed by atoms with van der Waals surface area (Å²) in [5.41, 5.74) is -1.37. The maximum atomic E-state index is 14.2. The van der Waals surface area contributed by atoms with Gasteiger partial charge in [0.2, 0.25) is 17.2 Å². The molecule has 0 saturated heterocycles. The Morgan fingerprint density at radius 3 is 2.08 bits per heavy atom. The molecule has 3 aromatic rings. The quantitative estimate of drug-likeness (QED) is 0.0781. The van der Waals surface area contributed by atoms with Gasteiger partial charge in [-0.3, -0.25) is 19.5 Å². The van der Waals surface area contributed by atoms with Crippen LogP contribution in [-0.2, 0) is 25.3 Å². The number of hydrogen-bond donors (Lipinski definition) is 6. The average molecular weight is 783 g/mol. The molecule has 0 spiro atoms. The summed E-state index contributed by atoms with van der Waals surface area (Å²) in [6.07, 6.45) is -0.713. The molecule has 24 heteroatoms. The summed E-state index contributed by atoms with van der Waals surface area (Å²) in [4.78, 5) is 61.7. The normalized spacial score (nSPS) is 11.5. The molecule has 0 amide bonds. The molecule has 6 N–H and O–H groups in total. The van der Waals surface area contributed by atoms with E-state index in [2.05, 4.69) is 36.0 Å². The van der Waals surface area contributed by atoms with Crippen molar-refractivity contribution < 1.29 is 47.0 Å². The van der Waals surface area contributed by atoms with E-state index >= 15 is 0 Å². The minimum Gasteiger partial charge on any atom is -0.480 e. The Labute approximate surface area is 292 Å². The van der Waals surface area contributed by atoms with Gasteiger partial charge in [0.1, 0.15) is 16.9 Å². The summed E-state index contributed by atoms with van der Waals surface area (Å²) >= 11 is 17.6. The van der Waals surface area contributed by atoms with Crippen LogP contribution in [0.1, 0.15) is 38.7 Å². The number of ether oxygens (including phenoxy) is 1. The second kappa shape index (κ2) is 20.9. The zero-order chi connectivity index (χ0) is 37.5. The number of carboxylic acids is 1. The van der Waals surface area contributed by atoms with Gasteiger partial charge in [0, 0.05) is 24.5 Å². The highest BCUT2D eigenvalue weighted by atomic mass is 35.5. The molecule has 0 bridgehead atoms. The molecule has 2 aromatic heterocycles. The summed E-state index contributed by atoms with van der Waals surface area (Å²) in [6.45, 7) is 4.80. The van der Waals surface area contributed by atoms with Crippen LogP contribution in [0.2, 0.25) is 10.3 Å². The van der Waals surface area contributed by atoms with Crippen molar-refractivity contribution in [3.05, 3.63) is 50.1 Å². The van der Waals surface area contributed by atoms with E-state index in [4.69, 9.17) is 54.4 Å². The highest BCUT2D eigenvalue weighted by Crippen LogP contribution is 2.31. The van der Waals surface area contributed by atoms with Crippen LogP contribution in [0.25, 0.3) is 5.69 Å². The lowest BCUT2D eigenvalue weighted by molar-refractivity contribution is -0.142. The van der Waals surface area contributed by atoms with E-state index in [1.807, 2.05) is 13.8 Å². The lowest BCUT2D eigenvalue weighted by Gasteiger charge is -2.12. The Morgan fingerprint density at radius 2 is 1.63 bits per heavy atom. The summed E-state index contributed by atoms with van der Waals surface area (Å²) in [7, 11) is -4.10. The lowest BCUT2D eigenvalue weighted by Crippen LogP contribution is -2.25. The second-order valence-corrected chi connectivity index (χ2v) is 12.1. The Balaban J connectivity index is 0.000000433. The van der Waals surface area contributed by atoms with Gasteiger partial charge < -0.3 is 30.3 Å². The van der Waals surface area contributed by atoms with E-state index < -0.39 is 55.8 Å². The third-order valence-corrected chi connectivity index (χ3v) is 6.82. The molecule has 0 fully saturated rings. The van der Waals surface area contributed by atoms with Gasteiger partial charge in [0.25, 0.3) is 0 Å². The maximum Gasteiger partial charge on any atom is 0.355 e. The van der Waals surface area contributed by atoms with Crippen molar-refractivity contribution in [2.45, 2.75) is 46.0 Å². The maximum absolute atomic E-state index is 14.2. The minimum atomic E-state index is -4.10. The Bertz CT molecular complexity index is 1640. The highest BCUT2D eigenvalue weighted by molar-refractivity contribution is 7.51. The van der Waals surface area contributed by atoms with Crippen molar-refractivity contribution in [1.29, 1.82) is 0 Å². The van der Waals surface area contributed by atoms with E-state index in [1.165, 1.54) is 6.92 Å². The summed E-state index contributed by atoms with van der Waals surface area (Å²) in [6, 6.07) is 2.03. The molecule has 0 saturated carbocycles. The van der Waals surface area contributed by atoms with Crippen LogP contribution >= 0.6 is 42.4 Å². The number of aliphatic carboxylic acids is 1. The van der Waals surface area contributed by atoms with E-state index in [-0.39, 0.29) is 45.0 Å². The van der Waals surface area contributed by atoms with Gasteiger partial charge in [-0.25, -0.2) is 13.8 Å². The van der Waals surface area contributed by atoms with Gasteiger partial charge in [-0.05, 0) is 57.0 Å². The minimum absolute atomic E-state index is 0.0424. The number of carbonyl (C=O) groups is 2. The van der Waals surface area contributed by atoms with Crippen molar-refractivity contribution in [3.8, 4) is 5.69 Å². The van der Waals surface area contributed by atoms with E-state index in [0.29, 0.717) is 16.6 Å². The lowest BCUT2D eigenvalue weighted by atomic mass is 10.1. The molecule has 0 aliphatic rings. The molecule has 2 heterocycles. The Kier molecular flexibility index (Phi) is 18.5. The van der Waals surface area contributed by atoms with Crippen LogP contribution in [0.5, 0.6) is 0 Å². The number of halogens is 6. The third-order valence-electron chi connectivity index (χ3n) is 5.33. The first-order valence-corrected chi connectivity index (χ1v) is 17.0. The van der Waals surface area contributed by atoms with Crippen LogP contribution in [0, 0.1) is 12.7 Å². The SMILES string of the molecule is CCNc1nc(Cl)nc(NCC)n1.CCOC(=O)C(Cl)Cc1cc(-n2nc(C)n(C(F)F)c2=O)c(F)cc1Cl.O=C(O)CNCP(=O)(O)O. The fraction of sp³-hybridized carbons (Fsp3) is 0.480. The first kappa shape index (κ1) is 43.5. The molecule has 0 aliphatic heterocycles. The third kappa shape index (κ3) is 15.3. The first-order valence-electron chi connectivity index (χ1n) is 14.0. The Hall–Kier alpha value is -3.52. The van der Waals surface area contributed by atoms with Gasteiger partial charge in [0.15, 0.2) is 5.82 Å². The highest BCUT2D eigenvalue weighted by Gasteiger charge is 2.23. The van der Waals surface area contributed by atoms with Gasteiger partial charge in [-0.15, -0.1) is 16.7 Å². The van der Waals surface area contributed by atoms with Gasteiger partial charge in [-0.2, -0.15) is 28.4 Å². The molecule has 1 unspecified atom stereocenters. The molecular formula is C25H34Cl3F3N9O8P. The molecular weight excluding hydrogens is 749 g/mol. The number of carbonyl (C=O) groups excluding carboxylic acids is 1. The standard InChI is InChI=1S/C15H14Cl2F3N3O3.C7H12ClN5.C3H8NO5P/c1-3-26-13(24)10(17)4-8-5-12(11(18)6-9(8)16)23-15(25)22(14(19)20)7(2)21-23;1-3-9-6-11-5(8)12-7(13-6)10-4-2;5-3(6)1-4-2-10(7,8)9/h5-6,10,14H,3-4H2,1-2H3;3-4H2,1-2H3,(H2,9,10,11,12,13);4H,1-2H2,(H,5,6)(H2,7,8,9). The average Bonchev–Trinajstić information content (AvgIpc) is 3.27. The fourth-order valence-corrected chi connectivity index (χ4v) is 4.42. The summed E-state index contributed by atoms with van der Waals surface area (Å²) in [5, 5.41) is 18.7. The number of alkyl halides is 3. The van der Waals surface area contributed by atoms with Gasteiger partial charge in [0.05, 0.1) is 19.4 Å². The molecule has 1 aromatic carbocycles. The van der Waals surface area contributed by atoms with E-state index in [0.717, 1.165) is 25.2 Å². The zero-order valence-electron chi connectivity index (χ0n) is 26.3. The monoisotopic (exact) mass is 781 g/mol. The number of carboxylic acid groups (broad SMARTS) is 1. The Morgan fingerprint density at radius 1 is 1.06 bits per heavy atom. The largest absolute Gasteiger partial charge is 0.480 e. The number of aryl methyl sites for hydroxylation is 1. The number of anilines is 2. The van der Waals surface area contributed by atoms with Crippen molar-refractivity contribution in [2.75, 3.05) is 43.2 Å². The number of hydrogen-bond acceptors (Lipinski definition) is 12. The van der Waals surface area contributed by atoms with Crippen molar-refractivity contribution in [3.63, 3.8) is 0 Å². The van der Waals surface area contributed by atoms with Crippen LogP contribution in [0.3, 0.4) is 0 Å². The van der Waals surface area contributed by atoms with Crippen LogP contribution in [0.15, 0.2) is 16.9 Å². The molecule has 3 rings (SSSR count). The van der Waals surface area contributed by atoms with Crippen LogP contribution in [-0.4, -0.2) is 94.0 Å². The molecule has 1 atom stereocenters. The molecule has 49 heavy (non-hydrogen) atoms. The summed E-state index contributed by atoms with van der Waals surface area (Å²) < 4.78 is 55.5. The number of aromatic nitrogens is 6. The van der Waals surface area contributed by atoms with E-state index in [1.54, 1.807) is 6.92 Å². The smallest absolute Gasteiger partial charge is 0.355 e. The summed E-state index contributed by atoms with van der Waals surface area (Å²) in [5.74, 6) is -2.07. The van der Waals surface area contributed by atoms with Gasteiger partial charge >= 0.3 is 31.8 Å². The molecule has 274 valence electrons. The first-order chi connectivity index (χ1) is 22.8. The number of benzene rings is 1. The predicted octanol–water partition coefficient (Wildman–Crippen LogP) is 3.43. The van der Waals surface area contributed by atoms with E-state index in [9.17, 15) is 32.1 Å². The number of nitrogens with zero attached hydrogens (tertiary/aromatic N) is 6.